The van der Waals surface area contributed by atoms with Gasteiger partial charge in [-0.1, -0.05) is 19.4 Å². The van der Waals surface area contributed by atoms with Crippen molar-refractivity contribution in [3.8, 4) is 0 Å². The Hall–Kier alpha value is -0.940. The van der Waals surface area contributed by atoms with Crippen LogP contribution in [0.5, 0.6) is 0 Å². The molecular formula is C13H17BrFNO2. The molecule has 1 N–H and O–H groups in total. The molecule has 0 bridgehead atoms. The number of unbranched alkanes of at least 4 members (excludes halogenated alkanes) is 1. The number of rotatable bonds is 7. The second-order valence-electron chi connectivity index (χ2n) is 3.82. The smallest absolute Gasteiger partial charge is 0.252 e. The van der Waals surface area contributed by atoms with Crippen LogP contribution < -0.4 is 5.32 Å². The molecule has 0 aliphatic heterocycles. The molecule has 0 aliphatic rings. The molecule has 1 amide bonds. The van der Waals surface area contributed by atoms with Gasteiger partial charge in [-0.05, 0) is 34.5 Å². The van der Waals surface area contributed by atoms with Gasteiger partial charge in [-0.25, -0.2) is 4.39 Å². The summed E-state index contributed by atoms with van der Waals surface area (Å²) in [7, 11) is 0. The summed E-state index contributed by atoms with van der Waals surface area (Å²) in [6.07, 6.45) is 2.10. The van der Waals surface area contributed by atoms with Crippen LogP contribution in [-0.2, 0) is 4.74 Å². The van der Waals surface area contributed by atoms with Crippen molar-refractivity contribution in [1.82, 2.24) is 5.32 Å². The summed E-state index contributed by atoms with van der Waals surface area (Å²) in [6, 6.07) is 4.38. The zero-order valence-electron chi connectivity index (χ0n) is 10.3. The number of benzene rings is 1. The molecule has 0 unspecified atom stereocenters. The van der Waals surface area contributed by atoms with Crippen LogP contribution in [0.2, 0.25) is 0 Å². The van der Waals surface area contributed by atoms with E-state index in [4.69, 9.17) is 4.74 Å². The van der Waals surface area contributed by atoms with Gasteiger partial charge in [-0.15, -0.1) is 0 Å². The zero-order valence-corrected chi connectivity index (χ0v) is 11.9. The number of hydrogen-bond donors (Lipinski definition) is 1. The lowest BCUT2D eigenvalue weighted by molar-refractivity contribution is 0.0911. The van der Waals surface area contributed by atoms with Gasteiger partial charge in [0, 0.05) is 13.2 Å². The number of ether oxygens (including phenoxy) is 1. The topological polar surface area (TPSA) is 38.3 Å². The van der Waals surface area contributed by atoms with Gasteiger partial charge in [-0.3, -0.25) is 4.79 Å². The van der Waals surface area contributed by atoms with Crippen LogP contribution >= 0.6 is 15.9 Å². The van der Waals surface area contributed by atoms with E-state index < -0.39 is 5.82 Å². The molecule has 1 aromatic carbocycles. The molecule has 3 nitrogen and oxygen atoms in total. The summed E-state index contributed by atoms with van der Waals surface area (Å²) in [4.78, 5) is 11.7. The standard InChI is InChI=1S/C13H17BrFNO2/c1-2-3-8-18-9-7-16-13(17)10-5-4-6-11(15)12(10)14/h4-6H,2-3,7-9H2,1H3,(H,16,17). The van der Waals surface area contributed by atoms with Gasteiger partial charge >= 0.3 is 0 Å². The molecule has 0 fully saturated rings. The van der Waals surface area contributed by atoms with E-state index in [2.05, 4.69) is 28.2 Å². The molecule has 0 atom stereocenters. The molecule has 0 aromatic heterocycles. The molecule has 0 aliphatic carbocycles. The van der Waals surface area contributed by atoms with Crippen molar-refractivity contribution in [2.75, 3.05) is 19.8 Å². The summed E-state index contributed by atoms with van der Waals surface area (Å²) in [5.41, 5.74) is 0.295. The maximum Gasteiger partial charge on any atom is 0.252 e. The van der Waals surface area contributed by atoms with Crippen LogP contribution in [0.4, 0.5) is 4.39 Å². The molecule has 0 saturated heterocycles. The quantitative estimate of drug-likeness (QED) is 0.785. The number of halogens is 2. The number of carbonyl (C=O) groups excluding carboxylic acids is 1. The maximum absolute atomic E-state index is 13.2. The van der Waals surface area contributed by atoms with Gasteiger partial charge in [0.2, 0.25) is 0 Å². The Bertz CT molecular complexity index is 399. The van der Waals surface area contributed by atoms with E-state index in [1.165, 1.54) is 12.1 Å². The minimum absolute atomic E-state index is 0.189. The Balaban J connectivity index is 2.35. The second kappa shape index (κ2) is 8.21. The van der Waals surface area contributed by atoms with E-state index >= 15 is 0 Å². The first kappa shape index (κ1) is 15.1. The second-order valence-corrected chi connectivity index (χ2v) is 4.62. The summed E-state index contributed by atoms with van der Waals surface area (Å²) < 4.78 is 18.7. The van der Waals surface area contributed by atoms with Gasteiger partial charge in [0.25, 0.3) is 5.91 Å². The van der Waals surface area contributed by atoms with Gasteiger partial charge in [0.15, 0.2) is 0 Å². The fourth-order valence-corrected chi connectivity index (χ4v) is 1.80. The van der Waals surface area contributed by atoms with E-state index in [-0.39, 0.29) is 10.4 Å². The molecule has 100 valence electrons. The predicted octanol–water partition coefficient (Wildman–Crippen LogP) is 3.13. The molecule has 0 spiro atoms. The van der Waals surface area contributed by atoms with Crippen molar-refractivity contribution in [3.63, 3.8) is 0 Å². The highest BCUT2D eigenvalue weighted by Crippen LogP contribution is 2.19. The third-order valence-corrected chi connectivity index (χ3v) is 3.18. The monoisotopic (exact) mass is 317 g/mol. The van der Waals surface area contributed by atoms with E-state index in [0.29, 0.717) is 25.3 Å². The van der Waals surface area contributed by atoms with Crippen LogP contribution in [0, 0.1) is 5.82 Å². The van der Waals surface area contributed by atoms with E-state index in [0.717, 1.165) is 12.8 Å². The lowest BCUT2D eigenvalue weighted by atomic mass is 10.2. The van der Waals surface area contributed by atoms with Gasteiger partial charge in [-0.2, -0.15) is 0 Å². The average molecular weight is 318 g/mol. The Morgan fingerprint density at radius 3 is 2.94 bits per heavy atom. The van der Waals surface area contributed by atoms with Crippen LogP contribution in [0.15, 0.2) is 22.7 Å². The molecule has 5 heteroatoms. The first-order valence-electron chi connectivity index (χ1n) is 5.96. The number of nitrogens with one attached hydrogen (secondary N) is 1. The first-order valence-corrected chi connectivity index (χ1v) is 6.76. The van der Waals surface area contributed by atoms with Gasteiger partial charge in [0.05, 0.1) is 16.6 Å². The number of hydrogen-bond acceptors (Lipinski definition) is 2. The van der Waals surface area contributed by atoms with Crippen molar-refractivity contribution in [3.05, 3.63) is 34.1 Å². The number of amides is 1. The molecule has 0 saturated carbocycles. The summed E-state index contributed by atoms with van der Waals surface area (Å²) in [5.74, 6) is -0.748. The lowest BCUT2D eigenvalue weighted by Crippen LogP contribution is -2.27. The molecule has 18 heavy (non-hydrogen) atoms. The Kier molecular flexibility index (Phi) is 6.90. The van der Waals surface area contributed by atoms with E-state index in [1.807, 2.05) is 0 Å². The third kappa shape index (κ3) is 4.74. The van der Waals surface area contributed by atoms with Crippen molar-refractivity contribution >= 4 is 21.8 Å². The van der Waals surface area contributed by atoms with Crippen LogP contribution in [0.1, 0.15) is 30.1 Å². The molecule has 1 rings (SSSR count). The Morgan fingerprint density at radius 1 is 1.44 bits per heavy atom. The molecule has 0 radical (unpaired) electrons. The average Bonchev–Trinajstić information content (AvgIpc) is 2.36. The summed E-state index contributed by atoms with van der Waals surface area (Å²) in [6.45, 7) is 3.69. The largest absolute Gasteiger partial charge is 0.380 e. The lowest BCUT2D eigenvalue weighted by Gasteiger charge is -2.07. The van der Waals surface area contributed by atoms with E-state index in [1.54, 1.807) is 6.07 Å². The SMILES string of the molecule is CCCCOCCNC(=O)c1cccc(F)c1Br. The number of carbonyl (C=O) groups is 1. The fourth-order valence-electron chi connectivity index (χ4n) is 1.36. The van der Waals surface area contributed by atoms with Gasteiger partial charge in [0.1, 0.15) is 5.82 Å². The normalized spacial score (nSPS) is 10.4. The Morgan fingerprint density at radius 2 is 2.22 bits per heavy atom. The highest BCUT2D eigenvalue weighted by atomic mass is 79.9. The third-order valence-electron chi connectivity index (χ3n) is 2.37. The molecule has 1 aromatic rings. The first-order chi connectivity index (χ1) is 8.66. The Labute approximate surface area is 115 Å². The highest BCUT2D eigenvalue weighted by molar-refractivity contribution is 9.10. The fraction of sp³-hybridized carbons (Fsp3) is 0.462. The van der Waals surface area contributed by atoms with Crippen molar-refractivity contribution in [1.29, 1.82) is 0 Å². The maximum atomic E-state index is 13.2. The zero-order chi connectivity index (χ0) is 13.4. The summed E-state index contributed by atoms with van der Waals surface area (Å²) >= 11 is 3.06. The van der Waals surface area contributed by atoms with Crippen LogP contribution in [0.3, 0.4) is 0 Å². The molecular weight excluding hydrogens is 301 g/mol. The minimum Gasteiger partial charge on any atom is -0.380 e. The van der Waals surface area contributed by atoms with Gasteiger partial charge < -0.3 is 10.1 Å². The van der Waals surface area contributed by atoms with Crippen molar-refractivity contribution < 1.29 is 13.9 Å². The minimum atomic E-state index is -0.443. The summed E-state index contributed by atoms with van der Waals surface area (Å²) in [5, 5.41) is 2.68. The van der Waals surface area contributed by atoms with Crippen molar-refractivity contribution in [2.24, 2.45) is 0 Å². The van der Waals surface area contributed by atoms with Crippen LogP contribution in [-0.4, -0.2) is 25.7 Å². The molecule has 0 heterocycles. The highest BCUT2D eigenvalue weighted by Gasteiger charge is 2.12. The van der Waals surface area contributed by atoms with E-state index in [9.17, 15) is 9.18 Å². The van der Waals surface area contributed by atoms with Crippen molar-refractivity contribution in [2.45, 2.75) is 19.8 Å². The predicted molar refractivity (Wildman–Crippen MR) is 72.2 cm³/mol. The van der Waals surface area contributed by atoms with Crippen LogP contribution in [0.25, 0.3) is 0 Å².